The quantitative estimate of drug-likeness (QED) is 0.193. The molecule has 0 unspecified atom stereocenters. The largest absolute Gasteiger partial charge is 0 e. The molecule has 0 saturated carbocycles. The molecule has 117 valence electrons. The Labute approximate surface area is 275 Å². The first-order valence-corrected chi connectivity index (χ1v) is 12.7. The highest BCUT2D eigenvalue weighted by Gasteiger charge is 2.56. The minimum absolute atomic E-state index is 0.915. The van der Waals surface area contributed by atoms with Crippen LogP contribution in [0.2, 0.25) is 0 Å². The maximum Gasteiger partial charge on any atom is 0 e. The Balaban J connectivity index is 8.19. The Morgan fingerprint density at radius 2 is 0.513 bits per heavy atom. The third-order valence-electron chi connectivity index (χ3n) is 7.78. The lowest BCUT2D eigenvalue weighted by Gasteiger charge is -2.53. The van der Waals surface area contributed by atoms with Gasteiger partial charge in [-0.3, -0.25) is 0 Å². The number of hydrogen-bond acceptors (Lipinski definition) is 0. The molecule has 0 aliphatic rings. The van der Waals surface area contributed by atoms with E-state index in [0.717, 1.165) is 0 Å². The summed E-state index contributed by atoms with van der Waals surface area (Å²) in [6, 6.07) is 0. The summed E-state index contributed by atoms with van der Waals surface area (Å²) in [5, 5.41) is 0. The first-order valence-electron chi connectivity index (χ1n) is 12.7. The van der Waals surface area contributed by atoms with E-state index >= 15 is 0 Å². The van der Waals surface area contributed by atoms with E-state index in [1.165, 1.54) is 7.06 Å². The second-order valence-corrected chi connectivity index (χ2v) is 10.6. The fourth-order valence-corrected chi connectivity index (χ4v) is 6.16. The van der Waals surface area contributed by atoms with Gasteiger partial charge in [-0.2, -0.15) is 0 Å². The Hall–Kier alpha value is 2.53. The van der Waals surface area contributed by atoms with Gasteiger partial charge in [-0.25, -0.2) is 0 Å². The summed E-state index contributed by atoms with van der Waals surface area (Å²) in [5.41, 5.74) is 0. The predicted molar refractivity (Wildman–Crippen MR) is 224 cm³/mol. The maximum absolute atomic E-state index is 6.52. The van der Waals surface area contributed by atoms with Crippen LogP contribution in [0, 0.1) is 0 Å². The fraction of sp³-hybridized carbons (Fsp3) is 0. The molecular formula is B39. The monoisotopic (exact) mass is 429 g/mol. The van der Waals surface area contributed by atoms with Gasteiger partial charge in [-0.05, 0) is 0 Å². The van der Waals surface area contributed by atoms with Gasteiger partial charge in [0.25, 0.3) is 0 Å². The van der Waals surface area contributed by atoms with Crippen molar-refractivity contribution in [2.75, 3.05) is 0 Å². The second kappa shape index (κ2) is 19.1. The Morgan fingerprint density at radius 1 is 0.256 bits per heavy atom. The summed E-state index contributed by atoms with van der Waals surface area (Å²) in [7, 11) is 126. The molecule has 0 spiro atoms. The highest BCUT2D eigenvalue weighted by Crippen LogP contribution is 2.18. The summed E-state index contributed by atoms with van der Waals surface area (Å²) < 4.78 is 0. The van der Waals surface area contributed by atoms with Crippen LogP contribution in [0.3, 0.4) is 0 Å². The summed E-state index contributed by atoms with van der Waals surface area (Å²) in [5.74, 6) is 0. The number of hydrogen-bond donors (Lipinski definition) is 0. The highest BCUT2D eigenvalue weighted by molar-refractivity contribution is 8.31. The molecule has 0 N–H and O–H groups in total. The molecule has 0 nitrogen and oxygen atoms in total. The van der Waals surface area contributed by atoms with Gasteiger partial charge in [0.05, 0.1) is 0 Å². The summed E-state index contributed by atoms with van der Waals surface area (Å²) in [4.78, 5) is 0. The van der Waals surface area contributed by atoms with Crippen LogP contribution in [0.1, 0.15) is 0 Å². The van der Waals surface area contributed by atoms with Crippen LogP contribution in [-0.4, -0.2) is 277 Å². The molecule has 0 aliphatic heterocycles. The highest BCUT2D eigenvalue weighted by atomic mass is 13.4. The third-order valence-corrected chi connectivity index (χ3v) is 7.78. The van der Waals surface area contributed by atoms with Gasteiger partial charge in [-0.1, -0.05) is 0 Å². The van der Waals surface area contributed by atoms with E-state index in [4.69, 9.17) is 155 Å². The van der Waals surface area contributed by atoms with Crippen LogP contribution in [-0.2, 0) is 0 Å². The van der Waals surface area contributed by atoms with Crippen LogP contribution in [0.5, 0.6) is 0 Å². The molecule has 39 heteroatoms. The van der Waals surface area contributed by atoms with Gasteiger partial charge < -0.3 is 0 Å². The van der Waals surface area contributed by atoms with E-state index in [0.29, 0.717) is 0 Å². The molecule has 0 atom stereocenters. The lowest BCUT2D eigenvalue weighted by Crippen LogP contribution is -2.91. The predicted octanol–water partition coefficient (Wildman–Crippen LogP) is -14.9. The molecule has 0 saturated heterocycles. The van der Waals surface area contributed by atoms with Crippen LogP contribution in [0.15, 0.2) is 0 Å². The third kappa shape index (κ3) is 11.4. The van der Waals surface area contributed by atoms with Gasteiger partial charge in [0, 0.05) is 277 Å². The van der Waals surface area contributed by atoms with Gasteiger partial charge in [0.2, 0.25) is 0 Å². The molecule has 41 radical (unpaired) electrons. The van der Waals surface area contributed by atoms with Crippen molar-refractivity contribution in [3.05, 3.63) is 0 Å². The van der Waals surface area contributed by atoms with Crippen molar-refractivity contribution in [2.45, 2.75) is 0 Å². The summed E-state index contributed by atoms with van der Waals surface area (Å²) >= 11 is 0. The average Bonchev–Trinajstić information content (AvgIpc) is 2.74. The normalized spacial score (nSPS) is 9.54. The molecule has 0 aromatic carbocycles. The van der Waals surface area contributed by atoms with E-state index in [1.54, 1.807) is 0 Å². The molecule has 0 bridgehead atoms. The molecule has 0 aliphatic carbocycles. The standard InChI is InChI=1S/B39/c1-21-32(23(4)5)37(33(24(6)7)25(8)9)39(36(30(18)19)31(20)22(2)3)38(34(26(10)11)27(12)13)35(28(14)15)29(16)17. The minimum Gasteiger partial charge on any atom is 0 e. The van der Waals surface area contributed by atoms with Crippen molar-refractivity contribution in [1.82, 2.24) is 0 Å². The fourth-order valence-electron chi connectivity index (χ4n) is 6.16. The molecular weight excluding hydrogens is 422 g/mol. The van der Waals surface area contributed by atoms with Crippen molar-refractivity contribution in [3.63, 3.8) is 0 Å². The van der Waals surface area contributed by atoms with Crippen LogP contribution >= 0.6 is 0 Å². The molecule has 0 aromatic heterocycles. The summed E-state index contributed by atoms with van der Waals surface area (Å²) in [6.45, 7) is 0. The lowest BCUT2D eigenvalue weighted by molar-refractivity contribution is 3.22. The zero-order valence-electron chi connectivity index (χ0n) is 22.5. The molecule has 0 aromatic rings. The van der Waals surface area contributed by atoms with E-state index < -0.39 is 115 Å². The van der Waals surface area contributed by atoms with Crippen LogP contribution in [0.4, 0.5) is 0 Å². The van der Waals surface area contributed by atoms with E-state index in [1.807, 2.05) is 0 Å². The van der Waals surface area contributed by atoms with E-state index in [9.17, 15) is 0 Å². The second-order valence-electron chi connectivity index (χ2n) is 10.6. The van der Waals surface area contributed by atoms with Gasteiger partial charge in [0.1, 0.15) is 0 Å². The Bertz CT molecular complexity index is 574. The van der Waals surface area contributed by atoms with Gasteiger partial charge in [0.15, 0.2) is 0 Å². The molecule has 39 heavy (non-hydrogen) atoms. The van der Waals surface area contributed by atoms with Crippen molar-refractivity contribution < 1.29 is 0 Å². The van der Waals surface area contributed by atoms with Crippen molar-refractivity contribution >= 4 is 277 Å². The Morgan fingerprint density at radius 3 is 0.718 bits per heavy atom. The van der Waals surface area contributed by atoms with Crippen LogP contribution < -0.4 is 0 Å². The average molecular weight is 422 g/mol. The molecule has 0 fully saturated rings. The SMILES string of the molecule is [B][B]B(B([B])[B])B(B(B([B])[B])B([B])[B])B(B(B([B])[B])B([B])B([B])[B])B(B(B([B])[B])B([B])[B])B(B([B])[B])B([B])[B]. The van der Waals surface area contributed by atoms with Crippen molar-refractivity contribution in [1.29, 1.82) is 0 Å². The molecule has 0 amide bonds. The zero-order valence-corrected chi connectivity index (χ0v) is 22.5. The topological polar surface area (TPSA) is 0 Å². The first-order chi connectivity index (χ1) is 17.8. The summed E-state index contributed by atoms with van der Waals surface area (Å²) in [6.07, 6.45) is -19.6. The van der Waals surface area contributed by atoms with Gasteiger partial charge in [-0.15, -0.1) is 0 Å². The first kappa shape index (κ1) is 41.5. The zero-order chi connectivity index (χ0) is 31.1. The van der Waals surface area contributed by atoms with E-state index in [2.05, 4.69) is 0 Å². The maximum atomic E-state index is 6.52. The van der Waals surface area contributed by atoms with Gasteiger partial charge >= 0.3 is 0 Å². The van der Waals surface area contributed by atoms with Crippen molar-refractivity contribution in [2.24, 2.45) is 0 Å². The number of rotatable bonds is 18. The molecule has 0 heterocycles. The smallest absolute Gasteiger partial charge is 0 e. The lowest BCUT2D eigenvalue weighted by atomic mass is 8.28. The van der Waals surface area contributed by atoms with E-state index in [-0.39, 0.29) is 0 Å². The van der Waals surface area contributed by atoms with Crippen molar-refractivity contribution in [3.8, 4) is 0 Å². The van der Waals surface area contributed by atoms with Crippen LogP contribution in [0.25, 0.3) is 0 Å². The Kier molecular flexibility index (Phi) is 20.4. The minimum atomic E-state index is -1.21. The molecule has 0 rings (SSSR count).